The number of hydrogen-bond donors (Lipinski definition) is 1. The summed E-state index contributed by atoms with van der Waals surface area (Å²) in [7, 11) is 0. The van der Waals surface area contributed by atoms with Crippen LogP contribution in [0.1, 0.15) is 5.76 Å². The molecule has 0 aliphatic heterocycles. The Hall–Kier alpha value is -2.51. The topological polar surface area (TPSA) is 80.0 Å². The summed E-state index contributed by atoms with van der Waals surface area (Å²) in [5, 5.41) is 9.37. The highest BCUT2D eigenvalue weighted by Crippen LogP contribution is 2.24. The molecule has 0 radical (unpaired) electrons. The van der Waals surface area contributed by atoms with Gasteiger partial charge in [-0.2, -0.15) is 5.26 Å². The summed E-state index contributed by atoms with van der Waals surface area (Å²) in [5.74, 6) is 0.219. The molecule has 4 nitrogen and oxygen atoms in total. The van der Waals surface area contributed by atoms with Crippen LogP contribution in [0.3, 0.4) is 0 Å². The molecule has 1 heterocycles. The third kappa shape index (κ3) is 3.03. The van der Waals surface area contributed by atoms with E-state index in [1.54, 1.807) is 30.3 Å². The van der Waals surface area contributed by atoms with Crippen LogP contribution in [0.4, 0.5) is 0 Å². The van der Waals surface area contributed by atoms with E-state index in [2.05, 4.69) is 0 Å². The molecule has 0 saturated carbocycles. The molecule has 0 spiro atoms. The minimum Gasteiger partial charge on any atom is -0.457 e. The van der Waals surface area contributed by atoms with Gasteiger partial charge >= 0.3 is 0 Å². The van der Waals surface area contributed by atoms with E-state index in [9.17, 15) is 4.79 Å². The fraction of sp³-hybridized carbons (Fsp3) is 0. The lowest BCUT2D eigenvalue weighted by molar-refractivity contribution is -0.114. The Morgan fingerprint density at radius 1 is 1.26 bits per heavy atom. The minimum absolute atomic E-state index is 0.156. The van der Waals surface area contributed by atoms with E-state index in [0.717, 1.165) is 5.56 Å². The fourth-order valence-electron chi connectivity index (χ4n) is 1.50. The molecule has 0 atom stereocenters. The molecular formula is C14H9ClN2O2. The van der Waals surface area contributed by atoms with Crippen LogP contribution in [0, 0.1) is 11.3 Å². The van der Waals surface area contributed by atoms with Gasteiger partial charge in [-0.1, -0.05) is 11.6 Å². The third-order valence-corrected chi connectivity index (χ3v) is 2.68. The number of nitrogens with zero attached hydrogens (tertiary/aromatic N) is 1. The Labute approximate surface area is 114 Å². The van der Waals surface area contributed by atoms with Gasteiger partial charge in [-0.05, 0) is 36.4 Å². The molecule has 0 aliphatic carbocycles. The van der Waals surface area contributed by atoms with Crippen molar-refractivity contribution < 1.29 is 9.21 Å². The molecule has 1 aromatic heterocycles. The van der Waals surface area contributed by atoms with Crippen molar-refractivity contribution in [3.63, 3.8) is 0 Å². The minimum atomic E-state index is -0.785. The second-order valence-corrected chi connectivity index (χ2v) is 4.18. The molecule has 2 aromatic rings. The molecule has 1 amide bonds. The maximum Gasteiger partial charge on any atom is 0.259 e. The number of halogens is 1. The van der Waals surface area contributed by atoms with Crippen molar-refractivity contribution in [2.24, 2.45) is 5.73 Å². The van der Waals surface area contributed by atoms with E-state index in [1.807, 2.05) is 12.1 Å². The highest BCUT2D eigenvalue weighted by atomic mass is 35.5. The van der Waals surface area contributed by atoms with Gasteiger partial charge < -0.3 is 10.2 Å². The van der Waals surface area contributed by atoms with Gasteiger partial charge in [0.05, 0.1) is 0 Å². The Balaban J connectivity index is 2.32. The van der Waals surface area contributed by atoms with E-state index in [-0.39, 0.29) is 5.57 Å². The highest BCUT2D eigenvalue weighted by Gasteiger charge is 2.07. The molecule has 0 aliphatic rings. The van der Waals surface area contributed by atoms with Crippen LogP contribution in [0.2, 0.25) is 5.02 Å². The lowest BCUT2D eigenvalue weighted by Crippen LogP contribution is -2.12. The monoisotopic (exact) mass is 272 g/mol. The van der Waals surface area contributed by atoms with Crippen LogP contribution in [0.5, 0.6) is 0 Å². The van der Waals surface area contributed by atoms with Crippen molar-refractivity contribution >= 4 is 23.6 Å². The highest BCUT2D eigenvalue weighted by molar-refractivity contribution is 6.30. The Kier molecular flexibility index (Phi) is 3.69. The van der Waals surface area contributed by atoms with E-state index >= 15 is 0 Å². The predicted octanol–water partition coefficient (Wildman–Crippen LogP) is 2.99. The van der Waals surface area contributed by atoms with Crippen molar-refractivity contribution in [3.05, 3.63) is 52.8 Å². The molecule has 5 heteroatoms. The van der Waals surface area contributed by atoms with Crippen LogP contribution in [0.25, 0.3) is 17.4 Å². The normalized spacial score (nSPS) is 11.1. The Morgan fingerprint density at radius 2 is 1.95 bits per heavy atom. The maximum atomic E-state index is 10.9. The number of benzene rings is 1. The first-order valence-corrected chi connectivity index (χ1v) is 5.75. The van der Waals surface area contributed by atoms with Gasteiger partial charge in [-0.3, -0.25) is 4.79 Å². The van der Waals surface area contributed by atoms with Gasteiger partial charge in [0.15, 0.2) is 0 Å². The first-order chi connectivity index (χ1) is 9.10. The second kappa shape index (κ2) is 5.42. The number of amides is 1. The summed E-state index contributed by atoms with van der Waals surface area (Å²) in [5.41, 5.74) is 5.74. The molecule has 94 valence electrons. The van der Waals surface area contributed by atoms with Crippen LogP contribution < -0.4 is 5.73 Å². The Bertz CT molecular complexity index is 678. The van der Waals surface area contributed by atoms with Gasteiger partial charge in [0.2, 0.25) is 0 Å². The number of carbonyl (C=O) groups is 1. The lowest BCUT2D eigenvalue weighted by Gasteiger charge is -1.96. The fourth-order valence-corrected chi connectivity index (χ4v) is 1.63. The van der Waals surface area contributed by atoms with E-state index < -0.39 is 5.91 Å². The largest absolute Gasteiger partial charge is 0.457 e. The van der Waals surface area contributed by atoms with Crippen molar-refractivity contribution in [2.45, 2.75) is 0 Å². The first-order valence-electron chi connectivity index (χ1n) is 5.37. The summed E-state index contributed by atoms with van der Waals surface area (Å²) in [6.07, 6.45) is 1.31. The van der Waals surface area contributed by atoms with Gasteiger partial charge in [-0.25, -0.2) is 0 Å². The molecule has 1 aromatic carbocycles. The quantitative estimate of drug-likeness (QED) is 0.689. The number of hydrogen-bond acceptors (Lipinski definition) is 3. The molecular weight excluding hydrogens is 264 g/mol. The summed E-state index contributed by atoms with van der Waals surface area (Å²) < 4.78 is 5.51. The number of nitriles is 1. The standard InChI is InChI=1S/C14H9ClN2O2/c15-11-3-1-9(2-4-11)13-6-5-12(19-13)7-10(8-16)14(17)18/h1-7H,(H2,17,18)/b10-7+. The second-order valence-electron chi connectivity index (χ2n) is 3.74. The van der Waals surface area contributed by atoms with Gasteiger partial charge in [-0.15, -0.1) is 0 Å². The van der Waals surface area contributed by atoms with Crippen molar-refractivity contribution in [3.8, 4) is 17.4 Å². The third-order valence-electron chi connectivity index (χ3n) is 2.43. The van der Waals surface area contributed by atoms with Crippen LogP contribution in [0.15, 0.2) is 46.4 Å². The number of nitrogens with two attached hydrogens (primary N) is 1. The van der Waals surface area contributed by atoms with Crippen molar-refractivity contribution in [1.82, 2.24) is 0 Å². The Morgan fingerprint density at radius 3 is 2.53 bits per heavy atom. The van der Waals surface area contributed by atoms with Crippen LogP contribution in [-0.2, 0) is 4.79 Å². The van der Waals surface area contributed by atoms with E-state index in [4.69, 9.17) is 27.0 Å². The first kappa shape index (κ1) is 12.9. The van der Waals surface area contributed by atoms with Gasteiger partial charge in [0, 0.05) is 16.7 Å². The van der Waals surface area contributed by atoms with Crippen molar-refractivity contribution in [1.29, 1.82) is 5.26 Å². The number of carbonyl (C=O) groups excluding carboxylic acids is 1. The summed E-state index contributed by atoms with van der Waals surface area (Å²) in [4.78, 5) is 10.9. The zero-order chi connectivity index (χ0) is 13.8. The van der Waals surface area contributed by atoms with E-state index in [0.29, 0.717) is 16.5 Å². The molecule has 2 N–H and O–H groups in total. The molecule has 19 heavy (non-hydrogen) atoms. The lowest BCUT2D eigenvalue weighted by atomic mass is 10.2. The van der Waals surface area contributed by atoms with Crippen LogP contribution >= 0.6 is 11.6 Å². The zero-order valence-corrected chi connectivity index (χ0v) is 10.5. The molecule has 2 rings (SSSR count). The number of rotatable bonds is 3. The maximum absolute atomic E-state index is 10.9. The van der Waals surface area contributed by atoms with Gasteiger partial charge in [0.25, 0.3) is 5.91 Å². The molecule has 0 unspecified atom stereocenters. The number of furan rings is 1. The summed E-state index contributed by atoms with van der Waals surface area (Å²) in [6, 6.07) is 12.2. The summed E-state index contributed by atoms with van der Waals surface area (Å²) in [6.45, 7) is 0. The summed E-state index contributed by atoms with van der Waals surface area (Å²) >= 11 is 5.80. The van der Waals surface area contributed by atoms with Crippen molar-refractivity contribution in [2.75, 3.05) is 0 Å². The average Bonchev–Trinajstić information content (AvgIpc) is 2.85. The zero-order valence-electron chi connectivity index (χ0n) is 9.76. The molecule has 0 fully saturated rings. The van der Waals surface area contributed by atoms with Gasteiger partial charge in [0.1, 0.15) is 23.2 Å². The predicted molar refractivity (Wildman–Crippen MR) is 71.9 cm³/mol. The smallest absolute Gasteiger partial charge is 0.259 e. The number of primary amides is 1. The van der Waals surface area contributed by atoms with Crippen LogP contribution in [-0.4, -0.2) is 5.91 Å². The molecule has 0 bridgehead atoms. The van der Waals surface area contributed by atoms with E-state index in [1.165, 1.54) is 6.08 Å². The average molecular weight is 273 g/mol. The SMILES string of the molecule is N#C/C(=C\c1ccc(-c2ccc(Cl)cc2)o1)C(N)=O. The molecule has 0 saturated heterocycles.